The van der Waals surface area contributed by atoms with E-state index in [-0.39, 0.29) is 6.61 Å². The maximum absolute atomic E-state index is 11.5. The van der Waals surface area contributed by atoms with E-state index >= 15 is 0 Å². The molecule has 1 saturated carbocycles. The van der Waals surface area contributed by atoms with Crippen LogP contribution in [0.25, 0.3) is 0 Å². The van der Waals surface area contributed by atoms with Crippen LogP contribution in [0.5, 0.6) is 0 Å². The highest BCUT2D eigenvalue weighted by atomic mass is 16.3. The van der Waals surface area contributed by atoms with E-state index in [2.05, 4.69) is 11.8 Å². The number of aliphatic hydroxyl groups is 1. The van der Waals surface area contributed by atoms with Crippen molar-refractivity contribution >= 4 is 5.78 Å². The quantitative estimate of drug-likeness (QED) is 0.746. The van der Waals surface area contributed by atoms with Gasteiger partial charge in [-0.1, -0.05) is 6.92 Å². The van der Waals surface area contributed by atoms with Gasteiger partial charge in [0.2, 0.25) is 0 Å². The number of Topliss-reactive ketones (excluding diaryl/α,β-unsaturated/α-hetero) is 1. The highest BCUT2D eigenvalue weighted by Crippen LogP contribution is 2.31. The van der Waals surface area contributed by atoms with Crippen LogP contribution in [0.1, 0.15) is 39.0 Å². The fraction of sp³-hybridized carbons (Fsp3) is 0.917. The zero-order chi connectivity index (χ0) is 10.8. The number of rotatable bonds is 2. The molecule has 3 unspecified atom stereocenters. The lowest BCUT2D eigenvalue weighted by Crippen LogP contribution is -2.47. The smallest absolute Gasteiger partial charge is 0.134 e. The van der Waals surface area contributed by atoms with Crippen molar-refractivity contribution in [3.05, 3.63) is 0 Å². The van der Waals surface area contributed by atoms with Crippen molar-refractivity contribution in [3.63, 3.8) is 0 Å². The van der Waals surface area contributed by atoms with Crippen molar-refractivity contribution in [1.29, 1.82) is 0 Å². The molecule has 0 bridgehead atoms. The Kier molecular flexibility index (Phi) is 3.42. The molecule has 3 heteroatoms. The topological polar surface area (TPSA) is 40.5 Å². The van der Waals surface area contributed by atoms with Gasteiger partial charge >= 0.3 is 0 Å². The van der Waals surface area contributed by atoms with Crippen LogP contribution in [0.3, 0.4) is 0 Å². The van der Waals surface area contributed by atoms with Gasteiger partial charge in [-0.05, 0) is 31.7 Å². The molecule has 2 fully saturated rings. The average Bonchev–Trinajstić information content (AvgIpc) is 2.69. The van der Waals surface area contributed by atoms with Crippen LogP contribution in [0.15, 0.2) is 0 Å². The summed E-state index contributed by atoms with van der Waals surface area (Å²) in [5, 5.41) is 9.29. The molecule has 1 saturated heterocycles. The van der Waals surface area contributed by atoms with Crippen LogP contribution in [0.4, 0.5) is 0 Å². The molecule has 3 atom stereocenters. The molecule has 0 aromatic rings. The van der Waals surface area contributed by atoms with Gasteiger partial charge in [0.15, 0.2) is 0 Å². The van der Waals surface area contributed by atoms with Gasteiger partial charge in [0, 0.05) is 24.9 Å². The molecule has 0 aromatic carbocycles. The fourth-order valence-corrected chi connectivity index (χ4v) is 3.05. The highest BCUT2D eigenvalue weighted by Gasteiger charge is 2.36. The normalized spacial score (nSPS) is 38.5. The first-order valence-electron chi connectivity index (χ1n) is 6.10. The zero-order valence-electron chi connectivity index (χ0n) is 9.48. The Hall–Kier alpha value is -0.410. The van der Waals surface area contributed by atoms with Crippen molar-refractivity contribution in [2.75, 3.05) is 13.2 Å². The van der Waals surface area contributed by atoms with Gasteiger partial charge in [0.1, 0.15) is 5.78 Å². The van der Waals surface area contributed by atoms with Crippen LogP contribution >= 0.6 is 0 Å². The summed E-state index contributed by atoms with van der Waals surface area (Å²) in [5.41, 5.74) is 0. The second-order valence-corrected chi connectivity index (χ2v) is 5.04. The second kappa shape index (κ2) is 4.62. The summed E-state index contributed by atoms with van der Waals surface area (Å²) in [6.45, 7) is 3.55. The Morgan fingerprint density at radius 3 is 3.00 bits per heavy atom. The largest absolute Gasteiger partial charge is 0.395 e. The first-order valence-corrected chi connectivity index (χ1v) is 6.10. The van der Waals surface area contributed by atoms with Gasteiger partial charge in [0.25, 0.3) is 0 Å². The summed E-state index contributed by atoms with van der Waals surface area (Å²) in [5.74, 6) is 1.01. The van der Waals surface area contributed by atoms with E-state index in [4.69, 9.17) is 0 Å². The minimum absolute atomic E-state index is 0.247. The van der Waals surface area contributed by atoms with Gasteiger partial charge in [-0.25, -0.2) is 0 Å². The molecule has 2 rings (SSSR count). The summed E-state index contributed by atoms with van der Waals surface area (Å²) >= 11 is 0. The third-order valence-corrected chi connectivity index (χ3v) is 4.03. The van der Waals surface area contributed by atoms with Crippen molar-refractivity contribution in [3.8, 4) is 0 Å². The molecule has 1 aliphatic carbocycles. The number of nitrogens with zero attached hydrogens (tertiary/aromatic N) is 1. The fourth-order valence-electron chi connectivity index (χ4n) is 3.05. The molecule has 0 aromatic heterocycles. The van der Waals surface area contributed by atoms with Gasteiger partial charge in [0.05, 0.1) is 6.61 Å². The maximum atomic E-state index is 11.5. The summed E-state index contributed by atoms with van der Waals surface area (Å²) in [6.07, 6.45) is 4.75. The third kappa shape index (κ3) is 2.23. The predicted molar refractivity (Wildman–Crippen MR) is 58.6 cm³/mol. The third-order valence-electron chi connectivity index (χ3n) is 4.03. The lowest BCUT2D eigenvalue weighted by Gasteiger charge is -2.38. The van der Waals surface area contributed by atoms with Crippen molar-refractivity contribution in [2.45, 2.75) is 51.1 Å². The van der Waals surface area contributed by atoms with E-state index in [0.717, 1.165) is 25.8 Å². The molecule has 0 spiro atoms. The molecule has 0 radical (unpaired) electrons. The highest BCUT2D eigenvalue weighted by molar-refractivity contribution is 5.79. The molecule has 2 aliphatic rings. The van der Waals surface area contributed by atoms with E-state index < -0.39 is 0 Å². The van der Waals surface area contributed by atoms with Crippen LogP contribution in [-0.2, 0) is 4.79 Å². The number of likely N-dealkylation sites (tertiary alicyclic amines) is 1. The summed E-state index contributed by atoms with van der Waals surface area (Å²) in [6, 6.07) is 0.703. The molecule has 1 N–H and O–H groups in total. The minimum atomic E-state index is 0.247. The van der Waals surface area contributed by atoms with Crippen LogP contribution in [0.2, 0.25) is 0 Å². The zero-order valence-corrected chi connectivity index (χ0v) is 9.48. The molecular weight excluding hydrogens is 190 g/mol. The van der Waals surface area contributed by atoms with E-state index in [1.54, 1.807) is 0 Å². The summed E-state index contributed by atoms with van der Waals surface area (Å²) in [4.78, 5) is 13.9. The Balaban J connectivity index is 2.03. The van der Waals surface area contributed by atoms with E-state index in [1.807, 2.05) is 0 Å². The number of hydrogen-bond donors (Lipinski definition) is 1. The molecule has 86 valence electrons. The minimum Gasteiger partial charge on any atom is -0.395 e. The first kappa shape index (κ1) is 11.1. The van der Waals surface area contributed by atoms with Gasteiger partial charge in [-0.15, -0.1) is 0 Å². The average molecular weight is 211 g/mol. The summed E-state index contributed by atoms with van der Waals surface area (Å²) < 4.78 is 0. The van der Waals surface area contributed by atoms with E-state index in [9.17, 15) is 9.90 Å². The van der Waals surface area contributed by atoms with Gasteiger partial charge < -0.3 is 5.11 Å². The van der Waals surface area contributed by atoms with Crippen LogP contribution < -0.4 is 0 Å². The van der Waals surface area contributed by atoms with Gasteiger partial charge in [-0.3, -0.25) is 9.69 Å². The molecule has 3 nitrogen and oxygen atoms in total. The Labute approximate surface area is 91.5 Å². The lowest BCUT2D eigenvalue weighted by molar-refractivity contribution is -0.123. The standard InChI is InChI=1S/C12H21NO2/c1-9-4-5-11(15)7-12(9)13-6-2-3-10(13)8-14/h9-10,12,14H,2-8H2,1H3. The second-order valence-electron chi connectivity index (χ2n) is 5.04. The molecule has 1 heterocycles. The van der Waals surface area contributed by atoms with Crippen LogP contribution in [-0.4, -0.2) is 41.0 Å². The van der Waals surface area contributed by atoms with Gasteiger partial charge in [-0.2, -0.15) is 0 Å². The monoisotopic (exact) mass is 211 g/mol. The number of carbonyl (C=O) groups is 1. The molecule has 15 heavy (non-hydrogen) atoms. The Morgan fingerprint density at radius 2 is 2.27 bits per heavy atom. The molecule has 0 amide bonds. The molecule has 1 aliphatic heterocycles. The number of hydrogen-bond acceptors (Lipinski definition) is 3. The Bertz CT molecular complexity index is 242. The predicted octanol–water partition coefficient (Wildman–Crippen LogP) is 1.20. The first-order chi connectivity index (χ1) is 7.22. The number of ketones is 1. The van der Waals surface area contributed by atoms with E-state index in [0.29, 0.717) is 30.2 Å². The molecular formula is C12H21NO2. The SMILES string of the molecule is CC1CCC(=O)CC1N1CCCC1CO. The van der Waals surface area contributed by atoms with Crippen LogP contribution in [0, 0.1) is 5.92 Å². The maximum Gasteiger partial charge on any atom is 0.134 e. The summed E-state index contributed by atoms with van der Waals surface area (Å²) in [7, 11) is 0. The number of carbonyl (C=O) groups excluding carboxylic acids is 1. The lowest BCUT2D eigenvalue weighted by atomic mass is 9.84. The van der Waals surface area contributed by atoms with E-state index in [1.165, 1.54) is 6.42 Å². The van der Waals surface area contributed by atoms with Crippen molar-refractivity contribution in [1.82, 2.24) is 4.90 Å². The number of aliphatic hydroxyl groups excluding tert-OH is 1. The van der Waals surface area contributed by atoms with Crippen molar-refractivity contribution in [2.24, 2.45) is 5.92 Å². The Morgan fingerprint density at radius 1 is 1.47 bits per heavy atom. The van der Waals surface area contributed by atoms with Crippen molar-refractivity contribution < 1.29 is 9.90 Å².